The van der Waals surface area contributed by atoms with E-state index in [9.17, 15) is 5.11 Å². The second kappa shape index (κ2) is 4.52. The SMILES string of the molecule is COc1ccc(O)c(C=CCO)c1. The van der Waals surface area contributed by atoms with Crippen LogP contribution in [0.4, 0.5) is 0 Å². The fourth-order valence-corrected chi connectivity index (χ4v) is 0.973. The van der Waals surface area contributed by atoms with Crippen molar-refractivity contribution in [1.29, 1.82) is 0 Å². The second-order valence-electron chi connectivity index (χ2n) is 2.51. The molecule has 0 amide bonds. The lowest BCUT2D eigenvalue weighted by molar-refractivity contribution is 0.343. The van der Waals surface area contributed by atoms with Crippen molar-refractivity contribution in [3.05, 3.63) is 29.8 Å². The lowest BCUT2D eigenvalue weighted by Gasteiger charge is -2.02. The Balaban J connectivity index is 2.97. The molecule has 1 rings (SSSR count). The lowest BCUT2D eigenvalue weighted by Crippen LogP contribution is -1.83. The van der Waals surface area contributed by atoms with E-state index in [4.69, 9.17) is 9.84 Å². The minimum Gasteiger partial charge on any atom is -0.507 e. The first-order chi connectivity index (χ1) is 6.27. The van der Waals surface area contributed by atoms with Gasteiger partial charge in [-0.15, -0.1) is 0 Å². The summed E-state index contributed by atoms with van der Waals surface area (Å²) in [5.74, 6) is 0.848. The van der Waals surface area contributed by atoms with E-state index in [0.29, 0.717) is 11.3 Å². The Morgan fingerprint density at radius 1 is 1.46 bits per heavy atom. The molecular formula is C10H12O3. The van der Waals surface area contributed by atoms with Crippen LogP contribution in [0.1, 0.15) is 5.56 Å². The average molecular weight is 180 g/mol. The summed E-state index contributed by atoms with van der Waals surface area (Å²) >= 11 is 0. The fraction of sp³-hybridized carbons (Fsp3) is 0.200. The van der Waals surface area contributed by atoms with Crippen molar-refractivity contribution in [1.82, 2.24) is 0 Å². The van der Waals surface area contributed by atoms with Crippen molar-refractivity contribution < 1.29 is 14.9 Å². The molecule has 0 heterocycles. The number of phenols is 1. The summed E-state index contributed by atoms with van der Waals surface area (Å²) in [4.78, 5) is 0. The zero-order valence-electron chi connectivity index (χ0n) is 7.40. The van der Waals surface area contributed by atoms with Gasteiger partial charge in [-0.25, -0.2) is 0 Å². The van der Waals surface area contributed by atoms with Crippen LogP contribution < -0.4 is 4.74 Å². The van der Waals surface area contributed by atoms with Crippen molar-refractivity contribution in [3.63, 3.8) is 0 Å². The number of benzene rings is 1. The van der Waals surface area contributed by atoms with Crippen LogP contribution in [0.5, 0.6) is 11.5 Å². The third-order valence-corrected chi connectivity index (χ3v) is 1.64. The van der Waals surface area contributed by atoms with Gasteiger partial charge < -0.3 is 14.9 Å². The van der Waals surface area contributed by atoms with Gasteiger partial charge in [-0.3, -0.25) is 0 Å². The molecule has 0 bridgehead atoms. The molecule has 0 saturated carbocycles. The number of aromatic hydroxyl groups is 1. The van der Waals surface area contributed by atoms with Gasteiger partial charge in [0.1, 0.15) is 11.5 Å². The van der Waals surface area contributed by atoms with Gasteiger partial charge >= 0.3 is 0 Å². The molecule has 0 fully saturated rings. The minimum atomic E-state index is -0.0450. The summed E-state index contributed by atoms with van der Waals surface area (Å²) in [5, 5.41) is 17.9. The summed E-state index contributed by atoms with van der Waals surface area (Å²) in [5.41, 5.74) is 0.633. The Morgan fingerprint density at radius 3 is 2.85 bits per heavy atom. The predicted molar refractivity (Wildman–Crippen MR) is 50.8 cm³/mol. The zero-order valence-corrected chi connectivity index (χ0v) is 7.40. The number of rotatable bonds is 3. The molecule has 2 N–H and O–H groups in total. The van der Waals surface area contributed by atoms with Crippen molar-refractivity contribution in [2.24, 2.45) is 0 Å². The number of ether oxygens (including phenoxy) is 1. The molecule has 13 heavy (non-hydrogen) atoms. The maximum atomic E-state index is 9.37. The molecule has 70 valence electrons. The van der Waals surface area contributed by atoms with Crippen molar-refractivity contribution >= 4 is 6.08 Å². The smallest absolute Gasteiger partial charge is 0.123 e. The predicted octanol–water partition coefficient (Wildman–Crippen LogP) is 1.41. The third-order valence-electron chi connectivity index (χ3n) is 1.64. The van der Waals surface area contributed by atoms with Crippen LogP contribution in [0.25, 0.3) is 6.08 Å². The van der Waals surface area contributed by atoms with Crippen molar-refractivity contribution in [2.75, 3.05) is 13.7 Å². The number of hydrogen-bond donors (Lipinski definition) is 2. The molecule has 0 unspecified atom stereocenters. The molecule has 0 aliphatic heterocycles. The summed E-state index contributed by atoms with van der Waals surface area (Å²) in [6, 6.07) is 4.92. The molecule has 3 nitrogen and oxygen atoms in total. The highest BCUT2D eigenvalue weighted by molar-refractivity contribution is 5.59. The van der Waals surface area contributed by atoms with Crippen LogP contribution in [-0.4, -0.2) is 23.9 Å². The zero-order chi connectivity index (χ0) is 9.68. The first-order valence-electron chi connectivity index (χ1n) is 3.92. The summed E-state index contributed by atoms with van der Waals surface area (Å²) < 4.78 is 4.98. The third kappa shape index (κ3) is 2.49. The Kier molecular flexibility index (Phi) is 3.34. The maximum absolute atomic E-state index is 9.37. The first kappa shape index (κ1) is 9.61. The Hall–Kier alpha value is -1.48. The van der Waals surface area contributed by atoms with Gasteiger partial charge in [-0.2, -0.15) is 0 Å². The van der Waals surface area contributed by atoms with E-state index >= 15 is 0 Å². The second-order valence-corrected chi connectivity index (χ2v) is 2.51. The summed E-state index contributed by atoms with van der Waals surface area (Å²) in [6.07, 6.45) is 3.19. The largest absolute Gasteiger partial charge is 0.507 e. The lowest BCUT2D eigenvalue weighted by atomic mass is 10.2. The Morgan fingerprint density at radius 2 is 2.23 bits per heavy atom. The molecule has 0 spiro atoms. The van der Waals surface area contributed by atoms with Gasteiger partial charge in [0.25, 0.3) is 0 Å². The minimum absolute atomic E-state index is 0.0450. The molecule has 0 saturated heterocycles. The molecule has 0 radical (unpaired) electrons. The van der Waals surface area contributed by atoms with Gasteiger partial charge in [0.05, 0.1) is 13.7 Å². The molecular weight excluding hydrogens is 168 g/mol. The van der Waals surface area contributed by atoms with E-state index in [1.54, 1.807) is 37.5 Å². The Labute approximate surface area is 76.9 Å². The summed E-state index contributed by atoms with van der Waals surface area (Å²) in [6.45, 7) is -0.0450. The molecule has 3 heteroatoms. The molecule has 0 atom stereocenters. The quantitative estimate of drug-likeness (QED) is 0.739. The van der Waals surface area contributed by atoms with E-state index in [1.807, 2.05) is 0 Å². The number of aliphatic hydroxyl groups excluding tert-OH is 1. The molecule has 1 aromatic carbocycles. The monoisotopic (exact) mass is 180 g/mol. The highest BCUT2D eigenvalue weighted by atomic mass is 16.5. The van der Waals surface area contributed by atoms with Crippen molar-refractivity contribution in [3.8, 4) is 11.5 Å². The molecule has 0 aromatic heterocycles. The van der Waals surface area contributed by atoms with Crippen LogP contribution >= 0.6 is 0 Å². The van der Waals surface area contributed by atoms with E-state index in [2.05, 4.69) is 0 Å². The van der Waals surface area contributed by atoms with Crippen LogP contribution in [0.15, 0.2) is 24.3 Å². The van der Waals surface area contributed by atoms with Crippen LogP contribution in [0, 0.1) is 0 Å². The van der Waals surface area contributed by atoms with Gasteiger partial charge in [0, 0.05) is 5.56 Å². The highest BCUT2D eigenvalue weighted by Crippen LogP contribution is 2.23. The average Bonchev–Trinajstić information content (AvgIpc) is 2.17. The van der Waals surface area contributed by atoms with Crippen LogP contribution in [-0.2, 0) is 0 Å². The summed E-state index contributed by atoms with van der Waals surface area (Å²) in [7, 11) is 1.56. The van der Waals surface area contributed by atoms with Crippen molar-refractivity contribution in [2.45, 2.75) is 0 Å². The Bertz CT molecular complexity index is 305. The van der Waals surface area contributed by atoms with Gasteiger partial charge in [0.15, 0.2) is 0 Å². The van der Waals surface area contributed by atoms with Crippen LogP contribution in [0.2, 0.25) is 0 Å². The number of hydrogen-bond acceptors (Lipinski definition) is 3. The fourth-order valence-electron chi connectivity index (χ4n) is 0.973. The first-order valence-corrected chi connectivity index (χ1v) is 3.92. The topological polar surface area (TPSA) is 49.7 Å². The molecule has 1 aromatic rings. The normalized spacial score (nSPS) is 10.6. The standard InChI is InChI=1S/C10H12O3/c1-13-9-4-5-10(12)8(7-9)3-2-6-11/h2-5,7,11-12H,6H2,1H3. The van der Waals surface area contributed by atoms with E-state index in [0.717, 1.165) is 0 Å². The molecule has 0 aliphatic rings. The highest BCUT2D eigenvalue weighted by Gasteiger charge is 1.98. The van der Waals surface area contributed by atoms with Gasteiger partial charge in [0.2, 0.25) is 0 Å². The maximum Gasteiger partial charge on any atom is 0.123 e. The number of methoxy groups -OCH3 is 1. The van der Waals surface area contributed by atoms with Gasteiger partial charge in [-0.05, 0) is 18.2 Å². The number of phenolic OH excluding ortho intramolecular Hbond substituents is 1. The van der Waals surface area contributed by atoms with Crippen LogP contribution in [0.3, 0.4) is 0 Å². The van der Waals surface area contributed by atoms with E-state index in [1.165, 1.54) is 0 Å². The van der Waals surface area contributed by atoms with Gasteiger partial charge in [-0.1, -0.05) is 12.2 Å². The van der Waals surface area contributed by atoms with E-state index < -0.39 is 0 Å². The number of aliphatic hydroxyl groups is 1. The molecule has 0 aliphatic carbocycles. The van der Waals surface area contributed by atoms with E-state index in [-0.39, 0.29) is 12.4 Å².